The fourth-order valence-corrected chi connectivity index (χ4v) is 2.27. The Labute approximate surface area is 157 Å². The first-order valence-electron chi connectivity index (χ1n) is 8.40. The van der Waals surface area contributed by atoms with Crippen molar-refractivity contribution >= 4 is 11.8 Å². The molecule has 2 aromatic rings. The number of aliphatic hydroxyl groups excluding tert-OH is 1. The molecule has 0 saturated heterocycles. The fourth-order valence-electron chi connectivity index (χ4n) is 2.27. The number of nitrogens with one attached hydrogen (secondary N) is 1. The van der Waals surface area contributed by atoms with Crippen LogP contribution in [0.1, 0.15) is 20.7 Å². The van der Waals surface area contributed by atoms with E-state index in [0.29, 0.717) is 36.8 Å². The smallest absolute Gasteiger partial charge is 0.252 e. The van der Waals surface area contributed by atoms with Crippen molar-refractivity contribution in [3.63, 3.8) is 0 Å². The molecule has 0 fully saturated rings. The van der Waals surface area contributed by atoms with Gasteiger partial charge >= 0.3 is 0 Å². The van der Waals surface area contributed by atoms with Gasteiger partial charge in [0.05, 0.1) is 5.56 Å². The van der Waals surface area contributed by atoms with E-state index < -0.39 is 17.9 Å². The average Bonchev–Trinajstić information content (AvgIpc) is 2.66. The first-order valence-corrected chi connectivity index (χ1v) is 8.40. The quantitative estimate of drug-likeness (QED) is 0.418. The van der Waals surface area contributed by atoms with Crippen molar-refractivity contribution in [2.45, 2.75) is 6.10 Å². The van der Waals surface area contributed by atoms with E-state index in [1.807, 2.05) is 0 Å². The van der Waals surface area contributed by atoms with Gasteiger partial charge in [-0.25, -0.2) is 0 Å². The Bertz CT molecular complexity index is 764. The fraction of sp³-hybridized carbons (Fsp3) is 0.263. The molecule has 0 saturated carbocycles. The van der Waals surface area contributed by atoms with Crippen LogP contribution >= 0.6 is 0 Å². The van der Waals surface area contributed by atoms with Crippen LogP contribution in [0.3, 0.4) is 0 Å². The molecule has 2 aromatic carbocycles. The van der Waals surface area contributed by atoms with Crippen LogP contribution in [0.5, 0.6) is 11.5 Å². The van der Waals surface area contributed by atoms with Gasteiger partial charge in [0.25, 0.3) is 5.91 Å². The van der Waals surface area contributed by atoms with Gasteiger partial charge in [-0.1, -0.05) is 12.1 Å². The molecule has 27 heavy (non-hydrogen) atoms. The minimum absolute atomic E-state index is 0.0206. The number of hydrogen-bond acceptors (Lipinski definition) is 6. The summed E-state index contributed by atoms with van der Waals surface area (Å²) in [6.45, 7) is 1.20. The van der Waals surface area contributed by atoms with Gasteiger partial charge in [-0.2, -0.15) is 0 Å². The molecular weight excluding hydrogens is 350 g/mol. The van der Waals surface area contributed by atoms with Gasteiger partial charge < -0.3 is 31.4 Å². The summed E-state index contributed by atoms with van der Waals surface area (Å²) >= 11 is 0. The van der Waals surface area contributed by atoms with E-state index in [9.17, 15) is 14.7 Å². The van der Waals surface area contributed by atoms with Gasteiger partial charge in [-0.05, 0) is 36.4 Å². The summed E-state index contributed by atoms with van der Waals surface area (Å²) in [6.07, 6.45) is -0.763. The molecule has 144 valence electrons. The number of primary amides is 2. The van der Waals surface area contributed by atoms with Crippen molar-refractivity contribution in [2.75, 3.05) is 26.3 Å². The highest BCUT2D eigenvalue weighted by Gasteiger charge is 2.11. The summed E-state index contributed by atoms with van der Waals surface area (Å²) < 4.78 is 11.0. The lowest BCUT2D eigenvalue weighted by atomic mass is 10.2. The molecule has 0 unspecified atom stereocenters. The normalized spacial score (nSPS) is 11.6. The van der Waals surface area contributed by atoms with Crippen LogP contribution in [0.15, 0.2) is 48.5 Å². The standard InChI is InChI=1S/C19H23N3O5/c20-18(24)13-5-7-15(8-6-13)26-10-9-22-11-14(23)12-27-17-4-2-1-3-16(17)19(21)25/h1-8,14,22-23H,9-12H2,(H2,20,24)(H2,21,25)/t14-/m1/s1. The van der Waals surface area contributed by atoms with E-state index in [-0.39, 0.29) is 12.2 Å². The number of benzene rings is 2. The van der Waals surface area contributed by atoms with E-state index in [0.717, 1.165) is 0 Å². The minimum atomic E-state index is -0.763. The van der Waals surface area contributed by atoms with E-state index in [1.165, 1.54) is 0 Å². The summed E-state index contributed by atoms with van der Waals surface area (Å²) in [5, 5.41) is 13.0. The van der Waals surface area contributed by atoms with Crippen molar-refractivity contribution in [1.29, 1.82) is 0 Å². The summed E-state index contributed by atoms with van der Waals surface area (Å²) in [5.41, 5.74) is 11.1. The van der Waals surface area contributed by atoms with E-state index >= 15 is 0 Å². The predicted molar refractivity (Wildman–Crippen MR) is 99.8 cm³/mol. The van der Waals surface area contributed by atoms with E-state index in [4.69, 9.17) is 20.9 Å². The number of nitrogens with two attached hydrogens (primary N) is 2. The van der Waals surface area contributed by atoms with Crippen molar-refractivity contribution in [1.82, 2.24) is 5.32 Å². The zero-order valence-electron chi connectivity index (χ0n) is 14.8. The zero-order valence-corrected chi connectivity index (χ0v) is 14.8. The number of amides is 2. The number of carbonyl (C=O) groups excluding carboxylic acids is 2. The molecule has 0 heterocycles. The van der Waals surface area contributed by atoms with Gasteiger partial charge in [0.15, 0.2) is 0 Å². The molecule has 8 nitrogen and oxygen atoms in total. The van der Waals surface area contributed by atoms with Crippen LogP contribution in [0, 0.1) is 0 Å². The molecule has 1 atom stereocenters. The Balaban J connectivity index is 1.64. The van der Waals surface area contributed by atoms with Gasteiger partial charge in [0, 0.05) is 18.7 Å². The third-order valence-electron chi connectivity index (χ3n) is 3.65. The summed E-state index contributed by atoms with van der Waals surface area (Å²) in [4.78, 5) is 22.3. The summed E-state index contributed by atoms with van der Waals surface area (Å²) in [7, 11) is 0. The zero-order chi connectivity index (χ0) is 19.6. The van der Waals surface area contributed by atoms with Crippen molar-refractivity contribution in [3.8, 4) is 11.5 Å². The predicted octanol–water partition coefficient (Wildman–Crippen LogP) is 0.293. The topological polar surface area (TPSA) is 137 Å². The molecule has 0 spiro atoms. The maximum absolute atomic E-state index is 11.3. The monoisotopic (exact) mass is 373 g/mol. The molecule has 6 N–H and O–H groups in total. The van der Waals surface area contributed by atoms with Crippen LogP contribution in [0.4, 0.5) is 0 Å². The minimum Gasteiger partial charge on any atom is -0.492 e. The molecule has 0 aromatic heterocycles. The van der Waals surface area contributed by atoms with Crippen molar-refractivity contribution in [3.05, 3.63) is 59.7 Å². The number of para-hydroxylation sites is 1. The van der Waals surface area contributed by atoms with E-state index in [2.05, 4.69) is 5.32 Å². The molecule has 0 bridgehead atoms. The second-order valence-corrected chi connectivity index (χ2v) is 5.77. The van der Waals surface area contributed by atoms with Crippen molar-refractivity contribution in [2.24, 2.45) is 11.5 Å². The number of ether oxygens (including phenoxy) is 2. The maximum Gasteiger partial charge on any atom is 0.252 e. The molecule has 0 aliphatic carbocycles. The molecular formula is C19H23N3O5. The SMILES string of the molecule is NC(=O)c1ccc(OCCNC[C@@H](O)COc2ccccc2C(N)=O)cc1. The first kappa shape index (κ1) is 20.2. The molecule has 0 aliphatic heterocycles. The Morgan fingerprint density at radius 3 is 2.37 bits per heavy atom. The van der Waals surface area contributed by atoms with E-state index in [1.54, 1.807) is 48.5 Å². The Hall–Kier alpha value is -3.10. The lowest BCUT2D eigenvalue weighted by molar-refractivity contribution is 0.0960. The lowest BCUT2D eigenvalue weighted by Gasteiger charge is -2.15. The first-order chi connectivity index (χ1) is 13.0. The van der Waals surface area contributed by atoms with Crippen LogP contribution < -0.4 is 26.3 Å². The Morgan fingerprint density at radius 1 is 1.00 bits per heavy atom. The molecule has 0 aliphatic rings. The second kappa shape index (κ2) is 10.1. The van der Waals surface area contributed by atoms with Crippen LogP contribution in [-0.4, -0.2) is 49.3 Å². The van der Waals surface area contributed by atoms with Crippen LogP contribution in [0.25, 0.3) is 0 Å². The number of carbonyl (C=O) groups is 2. The molecule has 0 radical (unpaired) electrons. The highest BCUT2D eigenvalue weighted by molar-refractivity contribution is 5.95. The van der Waals surface area contributed by atoms with Gasteiger partial charge in [-0.3, -0.25) is 9.59 Å². The molecule has 2 amide bonds. The number of hydrogen-bond donors (Lipinski definition) is 4. The summed E-state index contributed by atoms with van der Waals surface area (Å²) in [6, 6.07) is 13.1. The van der Waals surface area contributed by atoms with Gasteiger partial charge in [0.2, 0.25) is 5.91 Å². The Morgan fingerprint density at radius 2 is 1.70 bits per heavy atom. The third kappa shape index (κ3) is 6.61. The number of rotatable bonds is 11. The highest BCUT2D eigenvalue weighted by Crippen LogP contribution is 2.17. The number of aliphatic hydroxyl groups is 1. The van der Waals surface area contributed by atoms with Crippen LogP contribution in [0.2, 0.25) is 0 Å². The second-order valence-electron chi connectivity index (χ2n) is 5.77. The molecule has 2 rings (SSSR count). The Kier molecular flexibility index (Phi) is 7.60. The highest BCUT2D eigenvalue weighted by atomic mass is 16.5. The van der Waals surface area contributed by atoms with Crippen LogP contribution in [-0.2, 0) is 0 Å². The largest absolute Gasteiger partial charge is 0.492 e. The average molecular weight is 373 g/mol. The maximum atomic E-state index is 11.3. The lowest BCUT2D eigenvalue weighted by Crippen LogP contribution is -2.33. The van der Waals surface area contributed by atoms with Gasteiger partial charge in [0.1, 0.15) is 30.8 Å². The van der Waals surface area contributed by atoms with Crippen molar-refractivity contribution < 1.29 is 24.2 Å². The van der Waals surface area contributed by atoms with Gasteiger partial charge in [-0.15, -0.1) is 0 Å². The molecule has 8 heteroatoms. The third-order valence-corrected chi connectivity index (χ3v) is 3.65. The summed E-state index contributed by atoms with van der Waals surface area (Å²) in [5.74, 6) is -0.113.